The number of methoxy groups -OCH3 is 2. The van der Waals surface area contributed by atoms with Crippen LogP contribution in [0.15, 0.2) is 64.3 Å². The highest BCUT2D eigenvalue weighted by Crippen LogP contribution is 2.47. The van der Waals surface area contributed by atoms with Gasteiger partial charge in [-0.05, 0) is 67.5 Å². The van der Waals surface area contributed by atoms with Gasteiger partial charge in [-0.1, -0.05) is 41.9 Å². The van der Waals surface area contributed by atoms with Gasteiger partial charge >= 0.3 is 11.7 Å². The Morgan fingerprint density at radius 2 is 1.76 bits per heavy atom. The molecule has 3 aromatic heterocycles. The molecule has 13 nitrogen and oxygen atoms in total. The molecule has 0 unspecified atom stereocenters. The van der Waals surface area contributed by atoms with E-state index in [0.29, 0.717) is 40.8 Å². The van der Waals surface area contributed by atoms with E-state index in [0.717, 1.165) is 89.1 Å². The molecule has 2 aromatic carbocycles. The molecule has 2 atom stereocenters. The number of carbonyl (C=O) groups excluding carboxylic acids is 1. The molecule has 2 fully saturated rings. The van der Waals surface area contributed by atoms with Gasteiger partial charge in [-0.15, -0.1) is 0 Å². The monoisotopic (exact) mass is 764 g/mol. The zero-order valence-electron chi connectivity index (χ0n) is 31.7. The number of aromatic nitrogens is 4. The van der Waals surface area contributed by atoms with Crippen LogP contribution >= 0.6 is 11.6 Å². The third-order valence-corrected chi connectivity index (χ3v) is 12.2. The molecule has 0 radical (unpaired) electrons. The molecule has 286 valence electrons. The lowest BCUT2D eigenvalue weighted by Gasteiger charge is -2.40. The number of hydrogen-bond donors (Lipinski definition) is 2. The van der Waals surface area contributed by atoms with E-state index in [-0.39, 0.29) is 17.6 Å². The smallest absolute Gasteiger partial charge is 0.330 e. The van der Waals surface area contributed by atoms with Gasteiger partial charge in [-0.3, -0.25) is 18.8 Å². The first-order chi connectivity index (χ1) is 26.5. The number of halogens is 1. The maximum Gasteiger partial charge on any atom is 0.330 e. The van der Waals surface area contributed by atoms with Crippen LogP contribution in [0, 0.1) is 6.92 Å². The van der Waals surface area contributed by atoms with Crippen LogP contribution in [0.5, 0.6) is 5.88 Å². The maximum absolute atomic E-state index is 13.2. The van der Waals surface area contributed by atoms with E-state index in [1.165, 1.54) is 17.2 Å². The summed E-state index contributed by atoms with van der Waals surface area (Å²) in [4.78, 5) is 52.7. The highest BCUT2D eigenvalue weighted by atomic mass is 35.5. The summed E-state index contributed by atoms with van der Waals surface area (Å²) in [6.45, 7) is 5.53. The lowest BCUT2D eigenvalue weighted by molar-refractivity contribution is 0.114. The fourth-order valence-corrected chi connectivity index (χ4v) is 9.02. The second-order valence-corrected chi connectivity index (χ2v) is 15.2. The van der Waals surface area contributed by atoms with Crippen LogP contribution in [0.1, 0.15) is 42.0 Å². The van der Waals surface area contributed by atoms with Crippen LogP contribution in [-0.4, -0.2) is 87.5 Å². The molecule has 14 heteroatoms. The highest BCUT2D eigenvalue weighted by molar-refractivity contribution is 6.36. The molecule has 2 amide bonds. The average Bonchev–Trinajstić information content (AvgIpc) is 3.81. The van der Waals surface area contributed by atoms with Crippen molar-refractivity contribution in [3.05, 3.63) is 97.3 Å². The number of fused-ring (bicyclic) bond motifs is 2. The van der Waals surface area contributed by atoms with Crippen molar-refractivity contribution in [1.82, 2.24) is 34.2 Å². The quantitative estimate of drug-likeness (QED) is 0.198. The molecule has 3 aliphatic rings. The number of nitrogens with zero attached hydrogens (tertiary/aromatic N) is 6. The number of likely N-dealkylation sites (tertiary alicyclic amines) is 1. The lowest BCUT2D eigenvalue weighted by atomic mass is 9.92. The van der Waals surface area contributed by atoms with Gasteiger partial charge in [0.05, 0.1) is 35.5 Å². The molecule has 1 aliphatic carbocycles. The van der Waals surface area contributed by atoms with E-state index in [1.54, 1.807) is 33.5 Å². The summed E-state index contributed by atoms with van der Waals surface area (Å²) < 4.78 is 13.7. The summed E-state index contributed by atoms with van der Waals surface area (Å²) in [5, 5.41) is 7.59. The first kappa shape index (κ1) is 36.7. The van der Waals surface area contributed by atoms with Crippen molar-refractivity contribution >= 4 is 40.0 Å². The number of rotatable bonds is 9. The Kier molecular flexibility index (Phi) is 9.64. The number of anilines is 2. The summed E-state index contributed by atoms with van der Waals surface area (Å²) >= 11 is 7.28. The topological polar surface area (TPSA) is 136 Å². The SMILES string of the molecule is COCCN1CC[C@@]2(CCN([C@H]3CCc4cc(-c5cccc(-c6cccc(Nc7nccc8c7c(=O)n(C)c(=O)n8C)c6C)c5Cl)nc(OC)c43)C2)NC1=O. The highest BCUT2D eigenvalue weighted by Gasteiger charge is 2.46. The second kappa shape index (κ2) is 14.4. The van der Waals surface area contributed by atoms with Crippen LogP contribution in [0.2, 0.25) is 5.02 Å². The molecular formula is C41H45ClN8O5. The van der Waals surface area contributed by atoms with Crippen molar-refractivity contribution < 1.29 is 14.3 Å². The summed E-state index contributed by atoms with van der Waals surface area (Å²) in [7, 11) is 6.43. The molecule has 2 N–H and O–H groups in total. The summed E-state index contributed by atoms with van der Waals surface area (Å²) in [5.41, 5.74) is 6.68. The number of benzene rings is 2. The maximum atomic E-state index is 13.2. The van der Waals surface area contributed by atoms with Crippen molar-refractivity contribution in [3.8, 4) is 28.3 Å². The molecule has 2 saturated heterocycles. The molecule has 55 heavy (non-hydrogen) atoms. The average molecular weight is 765 g/mol. The minimum absolute atomic E-state index is 0.0128. The van der Waals surface area contributed by atoms with Gasteiger partial charge in [0.1, 0.15) is 11.2 Å². The Morgan fingerprint density at radius 1 is 1.00 bits per heavy atom. The van der Waals surface area contributed by atoms with Gasteiger partial charge in [-0.25, -0.2) is 19.6 Å². The normalized spacial score (nSPS) is 19.6. The summed E-state index contributed by atoms with van der Waals surface area (Å²) in [6.07, 6.45) is 5.23. The second-order valence-electron chi connectivity index (χ2n) is 14.8. The number of amides is 2. The minimum Gasteiger partial charge on any atom is -0.481 e. The first-order valence-electron chi connectivity index (χ1n) is 18.6. The molecule has 0 bridgehead atoms. The number of hydrogen-bond acceptors (Lipinski definition) is 9. The predicted molar refractivity (Wildman–Crippen MR) is 213 cm³/mol. The molecule has 2 aliphatic heterocycles. The standard InChI is InChI=1S/C41H45ClN8O5/c1-24-26(8-7-11-29(24)44-36-34-31(14-17-43-36)47(2)40(53)48(3)38(34)51)27-9-6-10-28(35(27)42)30-22-25-12-13-32(33(25)37(45-30)55-5)50-19-16-41(23-50)15-18-49(20-21-54-4)39(52)46-41/h6-11,14,17,22,32H,12-13,15-16,18-21,23H2,1-5H3,(H,43,44)(H,46,52)/t32-,41-/m0/s1. The van der Waals surface area contributed by atoms with Gasteiger partial charge in [-0.2, -0.15) is 0 Å². The number of nitrogens with one attached hydrogen (secondary N) is 2. The Labute approximate surface area is 323 Å². The number of pyridine rings is 2. The Balaban J connectivity index is 1.07. The molecule has 0 saturated carbocycles. The summed E-state index contributed by atoms with van der Waals surface area (Å²) in [6, 6.07) is 15.8. The van der Waals surface area contributed by atoms with Gasteiger partial charge in [0.25, 0.3) is 5.56 Å². The van der Waals surface area contributed by atoms with E-state index in [2.05, 4.69) is 26.6 Å². The van der Waals surface area contributed by atoms with Crippen LogP contribution < -0.4 is 26.6 Å². The van der Waals surface area contributed by atoms with Gasteiger partial charge in [0, 0.05) is 82.0 Å². The Bertz CT molecular complexity index is 2470. The van der Waals surface area contributed by atoms with Crippen molar-refractivity contribution in [2.45, 2.75) is 44.2 Å². The fraction of sp³-hybridized carbons (Fsp3) is 0.390. The number of carbonyl (C=O) groups is 1. The van der Waals surface area contributed by atoms with Gasteiger partial charge in [0.2, 0.25) is 5.88 Å². The van der Waals surface area contributed by atoms with Crippen molar-refractivity contribution in [1.29, 1.82) is 0 Å². The first-order valence-corrected chi connectivity index (χ1v) is 19.0. The fourth-order valence-electron chi connectivity index (χ4n) is 8.70. The largest absolute Gasteiger partial charge is 0.481 e. The molecule has 8 rings (SSSR count). The van der Waals surface area contributed by atoms with Crippen molar-refractivity contribution in [3.63, 3.8) is 0 Å². The Hall–Kier alpha value is -5.24. The zero-order chi connectivity index (χ0) is 38.6. The van der Waals surface area contributed by atoms with Crippen LogP contribution in [0.3, 0.4) is 0 Å². The Morgan fingerprint density at radius 3 is 2.55 bits per heavy atom. The van der Waals surface area contributed by atoms with E-state index in [4.69, 9.17) is 26.1 Å². The third kappa shape index (κ3) is 6.33. The minimum atomic E-state index is -0.422. The van der Waals surface area contributed by atoms with Crippen LogP contribution in [0.4, 0.5) is 16.3 Å². The van der Waals surface area contributed by atoms with E-state index in [9.17, 15) is 14.4 Å². The van der Waals surface area contributed by atoms with Gasteiger partial charge in [0.15, 0.2) is 0 Å². The van der Waals surface area contributed by atoms with E-state index in [1.807, 2.05) is 48.2 Å². The number of urea groups is 1. The molecular weight excluding hydrogens is 720 g/mol. The zero-order valence-corrected chi connectivity index (χ0v) is 32.5. The molecule has 5 aromatic rings. The van der Waals surface area contributed by atoms with Crippen LogP contribution in [-0.2, 0) is 25.3 Å². The van der Waals surface area contributed by atoms with Crippen LogP contribution in [0.25, 0.3) is 33.3 Å². The van der Waals surface area contributed by atoms with E-state index < -0.39 is 11.2 Å². The third-order valence-electron chi connectivity index (χ3n) is 11.8. The number of ether oxygens (including phenoxy) is 2. The lowest BCUT2D eigenvalue weighted by Crippen LogP contribution is -2.61. The van der Waals surface area contributed by atoms with Crippen molar-refractivity contribution in [2.24, 2.45) is 14.1 Å². The molecule has 5 heterocycles. The predicted octanol–water partition coefficient (Wildman–Crippen LogP) is 5.57. The number of aryl methyl sites for hydroxylation is 2. The van der Waals surface area contributed by atoms with Gasteiger partial charge < -0.3 is 25.0 Å². The molecule has 1 spiro atoms. The summed E-state index contributed by atoms with van der Waals surface area (Å²) in [5.74, 6) is 0.961. The van der Waals surface area contributed by atoms with Crippen molar-refractivity contribution in [2.75, 3.05) is 52.3 Å². The van der Waals surface area contributed by atoms with E-state index >= 15 is 0 Å².